The van der Waals surface area contributed by atoms with Crippen LogP contribution in [0.2, 0.25) is 0 Å². The van der Waals surface area contributed by atoms with Gasteiger partial charge in [0.1, 0.15) is 18.0 Å². The molecule has 6 heteroatoms. The maximum Gasteiger partial charge on any atom is 0.407 e. The molecule has 4 nitrogen and oxygen atoms in total. The summed E-state index contributed by atoms with van der Waals surface area (Å²) in [6, 6.07) is 5.84. The van der Waals surface area contributed by atoms with Crippen molar-refractivity contribution in [1.82, 2.24) is 5.32 Å². The van der Waals surface area contributed by atoms with E-state index in [0.29, 0.717) is 13.2 Å². The Balaban J connectivity index is 2.31. The Morgan fingerprint density at radius 3 is 2.74 bits per heavy atom. The minimum absolute atomic E-state index is 0.387. The van der Waals surface area contributed by atoms with Gasteiger partial charge >= 0.3 is 6.09 Å². The molecule has 1 N–H and O–H groups in total. The highest BCUT2D eigenvalue weighted by Gasteiger charge is 2.15. The number of carbonyl (C=O) groups is 1. The van der Waals surface area contributed by atoms with E-state index in [-0.39, 0.29) is 0 Å². The van der Waals surface area contributed by atoms with E-state index in [1.807, 2.05) is 39.0 Å². The van der Waals surface area contributed by atoms with Crippen LogP contribution in [0.1, 0.15) is 20.8 Å². The van der Waals surface area contributed by atoms with Gasteiger partial charge in [0.05, 0.1) is 11.0 Å². The van der Waals surface area contributed by atoms with E-state index in [1.165, 1.54) is 0 Å². The second kappa shape index (κ2) is 7.33. The van der Waals surface area contributed by atoms with Crippen molar-refractivity contribution in [2.75, 3.05) is 13.2 Å². The number of hydrogen-bond acceptors (Lipinski definition) is 3. The Kier molecular flexibility index (Phi) is 6.38. The summed E-state index contributed by atoms with van der Waals surface area (Å²) >= 11 is 5.63. The Bertz CT molecular complexity index is 446. The molecular formula is C13H17BrINO3. The number of carbonyl (C=O) groups excluding carboxylic acids is 1. The molecule has 19 heavy (non-hydrogen) atoms. The number of nitrogens with one attached hydrogen (secondary N) is 1. The number of benzene rings is 1. The molecule has 0 fully saturated rings. The summed E-state index contributed by atoms with van der Waals surface area (Å²) in [5.41, 5.74) is -0.483. The quantitative estimate of drug-likeness (QED) is 0.568. The summed E-state index contributed by atoms with van der Waals surface area (Å²) in [6.45, 7) is 6.26. The molecule has 0 aliphatic carbocycles. The summed E-state index contributed by atoms with van der Waals surface area (Å²) in [5, 5.41) is 2.64. The van der Waals surface area contributed by atoms with Crippen molar-refractivity contribution >= 4 is 44.6 Å². The normalized spacial score (nSPS) is 11.0. The second-order valence-electron chi connectivity index (χ2n) is 4.85. The Hall–Kier alpha value is -0.500. The molecule has 0 heterocycles. The summed E-state index contributed by atoms with van der Waals surface area (Å²) in [5.74, 6) is 0.762. The number of ether oxygens (including phenoxy) is 2. The fourth-order valence-electron chi connectivity index (χ4n) is 1.22. The predicted octanol–water partition coefficient (Wildman–Crippen LogP) is 3.96. The number of rotatable bonds is 4. The van der Waals surface area contributed by atoms with Crippen LogP contribution in [0.15, 0.2) is 22.7 Å². The van der Waals surface area contributed by atoms with Crippen LogP contribution in [0.3, 0.4) is 0 Å². The number of hydrogen-bond donors (Lipinski definition) is 1. The van der Waals surface area contributed by atoms with E-state index >= 15 is 0 Å². The minimum atomic E-state index is -0.483. The third-order valence-corrected chi connectivity index (χ3v) is 3.25. The lowest BCUT2D eigenvalue weighted by Crippen LogP contribution is -2.34. The monoisotopic (exact) mass is 441 g/mol. The van der Waals surface area contributed by atoms with E-state index in [2.05, 4.69) is 43.8 Å². The van der Waals surface area contributed by atoms with Crippen molar-refractivity contribution < 1.29 is 14.3 Å². The highest BCUT2D eigenvalue weighted by Crippen LogP contribution is 2.26. The fraction of sp³-hybridized carbons (Fsp3) is 0.462. The molecule has 0 saturated heterocycles. The van der Waals surface area contributed by atoms with E-state index in [0.717, 1.165) is 13.8 Å². The molecule has 1 aromatic rings. The lowest BCUT2D eigenvalue weighted by molar-refractivity contribution is 0.0520. The molecule has 1 aromatic carbocycles. The third-order valence-electron chi connectivity index (χ3n) is 1.92. The first-order valence-electron chi connectivity index (χ1n) is 5.82. The highest BCUT2D eigenvalue weighted by atomic mass is 127. The molecule has 106 valence electrons. The van der Waals surface area contributed by atoms with Gasteiger partial charge in [0, 0.05) is 3.57 Å². The molecule has 0 aliphatic rings. The summed E-state index contributed by atoms with van der Waals surface area (Å²) in [4.78, 5) is 11.4. The van der Waals surface area contributed by atoms with Crippen LogP contribution in [0.4, 0.5) is 4.79 Å². The van der Waals surface area contributed by atoms with Gasteiger partial charge in [-0.1, -0.05) is 0 Å². The maximum absolute atomic E-state index is 11.4. The molecule has 0 saturated carbocycles. The average Bonchev–Trinajstić information content (AvgIpc) is 2.26. The largest absolute Gasteiger partial charge is 0.491 e. The van der Waals surface area contributed by atoms with E-state index in [1.54, 1.807) is 0 Å². The second-order valence-corrected chi connectivity index (χ2v) is 6.95. The van der Waals surface area contributed by atoms with Gasteiger partial charge in [-0.05, 0) is 77.5 Å². The van der Waals surface area contributed by atoms with Crippen LogP contribution in [-0.4, -0.2) is 24.8 Å². The Morgan fingerprint density at radius 1 is 1.42 bits per heavy atom. The van der Waals surface area contributed by atoms with Crippen molar-refractivity contribution in [3.05, 3.63) is 26.2 Å². The molecule has 1 amide bonds. The standard InChI is InChI=1S/C13H17BrINO3/c1-13(2,3)19-12(17)16-6-7-18-11-8-9(15)4-5-10(11)14/h4-5,8H,6-7H2,1-3H3,(H,16,17). The topological polar surface area (TPSA) is 47.6 Å². The summed E-state index contributed by atoms with van der Waals surface area (Å²) in [6.07, 6.45) is -0.433. The first-order chi connectivity index (χ1) is 8.78. The molecule has 0 spiro atoms. The van der Waals surface area contributed by atoms with Gasteiger partial charge in [-0.2, -0.15) is 0 Å². The molecule has 0 atom stereocenters. The van der Waals surface area contributed by atoms with Crippen LogP contribution < -0.4 is 10.1 Å². The van der Waals surface area contributed by atoms with E-state index in [4.69, 9.17) is 9.47 Å². The zero-order valence-corrected chi connectivity index (χ0v) is 14.9. The molecule has 0 bridgehead atoms. The highest BCUT2D eigenvalue weighted by molar-refractivity contribution is 14.1. The molecule has 0 aromatic heterocycles. The SMILES string of the molecule is CC(C)(C)OC(=O)NCCOc1cc(I)ccc1Br. The van der Waals surface area contributed by atoms with Crippen molar-refractivity contribution in [1.29, 1.82) is 0 Å². The molecule has 0 radical (unpaired) electrons. The van der Waals surface area contributed by atoms with Gasteiger partial charge in [0.2, 0.25) is 0 Å². The van der Waals surface area contributed by atoms with E-state index < -0.39 is 11.7 Å². The summed E-state index contributed by atoms with van der Waals surface area (Å²) in [7, 11) is 0. The van der Waals surface area contributed by atoms with Crippen molar-refractivity contribution in [2.24, 2.45) is 0 Å². The Labute approximate surface area is 135 Å². The van der Waals surface area contributed by atoms with Crippen molar-refractivity contribution in [2.45, 2.75) is 26.4 Å². The molecule has 0 aliphatic heterocycles. The molecular weight excluding hydrogens is 425 g/mol. The average molecular weight is 442 g/mol. The van der Waals surface area contributed by atoms with Crippen LogP contribution in [0.5, 0.6) is 5.75 Å². The number of halogens is 2. The minimum Gasteiger partial charge on any atom is -0.491 e. The number of alkyl carbamates (subject to hydrolysis) is 1. The van der Waals surface area contributed by atoms with Gasteiger partial charge in [-0.15, -0.1) is 0 Å². The first kappa shape index (κ1) is 16.6. The number of amides is 1. The van der Waals surface area contributed by atoms with Gasteiger partial charge < -0.3 is 14.8 Å². The van der Waals surface area contributed by atoms with E-state index in [9.17, 15) is 4.79 Å². The van der Waals surface area contributed by atoms with Gasteiger partial charge in [-0.25, -0.2) is 4.79 Å². The van der Waals surface area contributed by atoms with Crippen LogP contribution in [0.25, 0.3) is 0 Å². The van der Waals surface area contributed by atoms with Gasteiger partial charge in [0.25, 0.3) is 0 Å². The maximum atomic E-state index is 11.4. The zero-order valence-electron chi connectivity index (χ0n) is 11.1. The summed E-state index contributed by atoms with van der Waals surface area (Å²) < 4.78 is 12.7. The zero-order chi connectivity index (χ0) is 14.5. The smallest absolute Gasteiger partial charge is 0.407 e. The molecule has 1 rings (SSSR count). The van der Waals surface area contributed by atoms with Crippen LogP contribution in [0, 0.1) is 3.57 Å². The first-order valence-corrected chi connectivity index (χ1v) is 7.70. The fourth-order valence-corrected chi connectivity index (χ4v) is 2.04. The van der Waals surface area contributed by atoms with Crippen molar-refractivity contribution in [3.8, 4) is 5.75 Å². The molecule has 0 unspecified atom stereocenters. The lowest BCUT2D eigenvalue weighted by Gasteiger charge is -2.19. The third kappa shape index (κ3) is 7.00. The van der Waals surface area contributed by atoms with Gasteiger partial charge in [-0.3, -0.25) is 0 Å². The van der Waals surface area contributed by atoms with Crippen LogP contribution >= 0.6 is 38.5 Å². The lowest BCUT2D eigenvalue weighted by atomic mass is 10.2. The van der Waals surface area contributed by atoms with Crippen molar-refractivity contribution in [3.63, 3.8) is 0 Å². The predicted molar refractivity (Wildman–Crippen MR) is 86.6 cm³/mol. The van der Waals surface area contributed by atoms with Gasteiger partial charge in [0.15, 0.2) is 0 Å². The van der Waals surface area contributed by atoms with Crippen LogP contribution in [-0.2, 0) is 4.74 Å². The Morgan fingerprint density at radius 2 is 2.11 bits per heavy atom.